The summed E-state index contributed by atoms with van der Waals surface area (Å²) in [6, 6.07) is 13.3. The van der Waals surface area contributed by atoms with Gasteiger partial charge in [0.15, 0.2) is 0 Å². The lowest BCUT2D eigenvalue weighted by Crippen LogP contribution is -2.68. The van der Waals surface area contributed by atoms with Crippen molar-refractivity contribution < 1.29 is 44.3 Å². The predicted octanol–water partition coefficient (Wildman–Crippen LogP) is 0.444. The van der Waals surface area contributed by atoms with Crippen LogP contribution in [0.15, 0.2) is 54.6 Å². The molecule has 0 aliphatic carbocycles. The highest BCUT2D eigenvalue weighted by Gasteiger charge is 2.55. The van der Waals surface area contributed by atoms with E-state index in [9.17, 15) is 34.8 Å². The number of carboxylic acids is 1. The fourth-order valence-electron chi connectivity index (χ4n) is 3.96. The zero-order valence-electron chi connectivity index (χ0n) is 19.9. The molecule has 37 heavy (non-hydrogen) atoms. The third-order valence-corrected chi connectivity index (χ3v) is 6.14. The first-order valence-electron chi connectivity index (χ1n) is 11.5. The van der Waals surface area contributed by atoms with E-state index in [1.807, 2.05) is 0 Å². The van der Waals surface area contributed by atoms with Gasteiger partial charge in [-0.2, -0.15) is 0 Å². The Kier molecular flexibility index (Phi) is 9.60. The second-order valence-corrected chi connectivity index (χ2v) is 9.12. The molecule has 1 aliphatic heterocycles. The zero-order valence-corrected chi connectivity index (χ0v) is 20.7. The Morgan fingerprint density at radius 1 is 1.14 bits per heavy atom. The van der Waals surface area contributed by atoms with Crippen LogP contribution in [0.1, 0.15) is 29.3 Å². The molecule has 1 heterocycles. The maximum absolute atomic E-state index is 12.4. The lowest BCUT2D eigenvalue weighted by atomic mass is 9.88. The van der Waals surface area contributed by atoms with Crippen molar-refractivity contribution in [2.75, 3.05) is 6.54 Å². The highest BCUT2D eigenvalue weighted by molar-refractivity contribution is 6.30. The van der Waals surface area contributed by atoms with Crippen LogP contribution < -0.4 is 10.6 Å². The predicted molar refractivity (Wildman–Crippen MR) is 130 cm³/mol. The molecule has 0 saturated carbocycles. The normalized spacial score (nSPS) is 25.1. The summed E-state index contributed by atoms with van der Waals surface area (Å²) in [4.78, 5) is 36.4. The minimum absolute atomic E-state index is 0.187. The van der Waals surface area contributed by atoms with Gasteiger partial charge in [-0.3, -0.25) is 9.59 Å². The third-order valence-electron chi connectivity index (χ3n) is 5.89. The fraction of sp³-hybridized carbons (Fsp3) is 0.400. The van der Waals surface area contributed by atoms with Gasteiger partial charge in [-0.1, -0.05) is 41.9 Å². The van der Waals surface area contributed by atoms with E-state index in [1.165, 1.54) is 31.2 Å². The molecule has 2 amide bonds. The molecule has 2 aromatic rings. The number of hydrogen-bond donors (Lipinski definition) is 6. The van der Waals surface area contributed by atoms with E-state index in [2.05, 4.69) is 10.6 Å². The number of hydrogen-bond acceptors (Lipinski definition) is 8. The van der Waals surface area contributed by atoms with Crippen molar-refractivity contribution in [2.45, 2.75) is 56.2 Å². The molecule has 0 unspecified atom stereocenters. The molecule has 0 aromatic heterocycles. The Hall–Kier alpha value is -3.06. The molecule has 1 fully saturated rings. The number of carbonyl (C=O) groups excluding carboxylic acids is 2. The number of benzene rings is 2. The summed E-state index contributed by atoms with van der Waals surface area (Å²) in [5.74, 6) is -5.09. The highest BCUT2D eigenvalue weighted by atomic mass is 35.5. The molecule has 2 aromatic carbocycles. The lowest BCUT2D eigenvalue weighted by Gasteiger charge is -2.46. The number of halogens is 1. The fourth-order valence-corrected chi connectivity index (χ4v) is 4.09. The van der Waals surface area contributed by atoms with Crippen molar-refractivity contribution in [1.82, 2.24) is 10.6 Å². The average Bonchev–Trinajstić information content (AvgIpc) is 2.87. The Morgan fingerprint density at radius 3 is 2.38 bits per heavy atom. The van der Waals surface area contributed by atoms with E-state index >= 15 is 0 Å². The van der Waals surface area contributed by atoms with Crippen molar-refractivity contribution in [1.29, 1.82) is 0 Å². The Bertz CT molecular complexity index is 1090. The first-order valence-corrected chi connectivity index (χ1v) is 11.8. The number of rotatable bonds is 10. The number of ether oxygens (including phenoxy) is 2. The lowest BCUT2D eigenvalue weighted by molar-refractivity contribution is -0.314. The molecule has 0 radical (unpaired) electrons. The van der Waals surface area contributed by atoms with Crippen LogP contribution in [0.3, 0.4) is 0 Å². The third kappa shape index (κ3) is 7.25. The summed E-state index contributed by atoms with van der Waals surface area (Å²) in [6.45, 7) is 0.535. The van der Waals surface area contributed by atoms with Gasteiger partial charge in [-0.05, 0) is 29.8 Å². The summed E-state index contributed by atoms with van der Waals surface area (Å²) in [7, 11) is 0. The smallest absolute Gasteiger partial charge is 0.364 e. The van der Waals surface area contributed by atoms with E-state index in [0.29, 0.717) is 10.6 Å². The quantitative estimate of drug-likeness (QED) is 0.252. The molecule has 12 heteroatoms. The zero-order chi connectivity index (χ0) is 27.2. The maximum atomic E-state index is 12.4. The molecule has 6 N–H and O–H groups in total. The van der Waals surface area contributed by atoms with Crippen LogP contribution in [0.5, 0.6) is 0 Å². The first kappa shape index (κ1) is 28.5. The molecule has 200 valence electrons. The van der Waals surface area contributed by atoms with Crippen LogP contribution >= 0.6 is 11.6 Å². The highest BCUT2D eigenvalue weighted by Crippen LogP contribution is 2.34. The van der Waals surface area contributed by atoms with E-state index in [0.717, 1.165) is 0 Å². The van der Waals surface area contributed by atoms with Gasteiger partial charge < -0.3 is 40.5 Å². The molecule has 0 spiro atoms. The topological polar surface area (TPSA) is 175 Å². The van der Waals surface area contributed by atoms with Crippen molar-refractivity contribution >= 4 is 29.4 Å². The molecule has 1 saturated heterocycles. The van der Waals surface area contributed by atoms with E-state index in [4.69, 9.17) is 21.1 Å². The van der Waals surface area contributed by atoms with Gasteiger partial charge in [0.2, 0.25) is 5.91 Å². The molecular formula is C25H29ClN2O9. The number of carboxylic acid groups (broad SMARTS) is 1. The second kappa shape index (κ2) is 12.5. The molecule has 0 bridgehead atoms. The maximum Gasteiger partial charge on any atom is 0.364 e. The molecule has 6 atom stereocenters. The van der Waals surface area contributed by atoms with E-state index in [-0.39, 0.29) is 12.2 Å². The molecule has 1 aliphatic rings. The Balaban J connectivity index is 1.77. The van der Waals surface area contributed by atoms with Crippen molar-refractivity contribution in [3.63, 3.8) is 0 Å². The van der Waals surface area contributed by atoms with Crippen LogP contribution in [0.25, 0.3) is 0 Å². The number of amides is 2. The van der Waals surface area contributed by atoms with Gasteiger partial charge in [0.25, 0.3) is 11.7 Å². The summed E-state index contributed by atoms with van der Waals surface area (Å²) in [5, 5.41) is 47.6. The minimum Gasteiger partial charge on any atom is -0.477 e. The van der Waals surface area contributed by atoms with Crippen LogP contribution in [-0.2, 0) is 25.7 Å². The van der Waals surface area contributed by atoms with E-state index in [1.54, 1.807) is 30.3 Å². The minimum atomic E-state index is -2.39. The summed E-state index contributed by atoms with van der Waals surface area (Å²) >= 11 is 5.81. The van der Waals surface area contributed by atoms with Gasteiger partial charge in [0.05, 0.1) is 24.9 Å². The van der Waals surface area contributed by atoms with Crippen LogP contribution in [0.2, 0.25) is 5.02 Å². The number of aliphatic hydroxyl groups excluding tert-OH is 3. The van der Waals surface area contributed by atoms with Crippen LogP contribution in [0.4, 0.5) is 0 Å². The number of nitrogens with one attached hydrogen (secondary N) is 2. The number of aliphatic carboxylic acids is 1. The number of aliphatic hydroxyl groups is 3. The average molecular weight is 537 g/mol. The first-order chi connectivity index (χ1) is 17.5. The largest absolute Gasteiger partial charge is 0.477 e. The molecular weight excluding hydrogens is 508 g/mol. The SMILES string of the molecule is CC(=O)N[C@H]1[C@H]([C@@H](O)[C@H](O)CNC(=O)c2ccc(Cl)cc2)O[C@@](OCc2ccccc2)(C(=O)O)C[C@@H]1O. The monoisotopic (exact) mass is 536 g/mol. The second-order valence-electron chi connectivity index (χ2n) is 8.69. The summed E-state index contributed by atoms with van der Waals surface area (Å²) in [5.41, 5.74) is 0.887. The molecule has 3 rings (SSSR count). The van der Waals surface area contributed by atoms with Gasteiger partial charge in [-0.15, -0.1) is 0 Å². The number of carbonyl (C=O) groups is 3. The van der Waals surface area contributed by atoms with Crippen molar-refractivity contribution in [2.24, 2.45) is 0 Å². The Morgan fingerprint density at radius 2 is 1.78 bits per heavy atom. The van der Waals surface area contributed by atoms with Crippen molar-refractivity contribution in [3.8, 4) is 0 Å². The molecule has 11 nitrogen and oxygen atoms in total. The summed E-state index contributed by atoms with van der Waals surface area (Å²) in [6.07, 6.45) is -7.19. The summed E-state index contributed by atoms with van der Waals surface area (Å²) < 4.78 is 11.3. The van der Waals surface area contributed by atoms with Gasteiger partial charge in [0, 0.05) is 30.5 Å². The van der Waals surface area contributed by atoms with Crippen LogP contribution in [-0.4, -0.2) is 81.0 Å². The van der Waals surface area contributed by atoms with Crippen molar-refractivity contribution in [3.05, 3.63) is 70.7 Å². The van der Waals surface area contributed by atoms with Gasteiger partial charge in [-0.25, -0.2) is 4.79 Å². The van der Waals surface area contributed by atoms with Gasteiger partial charge in [0.1, 0.15) is 12.2 Å². The van der Waals surface area contributed by atoms with E-state index < -0.39 is 67.0 Å². The standard InChI is InChI=1S/C25H29ClN2O9/c1-14(29)28-20-18(30)11-25(24(34)35,36-13-15-5-3-2-4-6-15)37-22(20)21(32)19(31)12-27-23(33)16-7-9-17(26)10-8-16/h2-10,18-22,30-32H,11-13H2,1H3,(H,27,33)(H,28,29)(H,34,35)/t18-,19+,20+,21-,22+,25+/m0/s1. The van der Waals surface area contributed by atoms with Crippen LogP contribution in [0, 0.1) is 0 Å². The van der Waals surface area contributed by atoms with Gasteiger partial charge >= 0.3 is 5.97 Å². The Labute approximate surface area is 218 Å².